The lowest BCUT2D eigenvalue weighted by atomic mass is 9.34. The summed E-state index contributed by atoms with van der Waals surface area (Å²) in [7, 11) is 0. The SMILES string of the molecule is CC1(C)CC(C)(C)c2cc3c(cc21)Oc1cccc2c1B3c1cc(-c3ccccc3)ccc1N2c1ccc(-c2ccccc2)cc1. The summed E-state index contributed by atoms with van der Waals surface area (Å²) in [4.78, 5) is 2.43. The van der Waals surface area contributed by atoms with Gasteiger partial charge in [0.1, 0.15) is 11.5 Å². The van der Waals surface area contributed by atoms with Gasteiger partial charge in [-0.05, 0) is 103 Å². The summed E-state index contributed by atoms with van der Waals surface area (Å²) in [6.07, 6.45) is 1.13. The van der Waals surface area contributed by atoms with Gasteiger partial charge in [-0.2, -0.15) is 0 Å². The number of nitrogens with zero attached hydrogens (tertiary/aromatic N) is 1. The van der Waals surface area contributed by atoms with Crippen LogP contribution < -0.4 is 26.0 Å². The Morgan fingerprint density at radius 2 is 1.13 bits per heavy atom. The second-order valence-electron chi connectivity index (χ2n) is 14.5. The maximum atomic E-state index is 6.88. The van der Waals surface area contributed by atoms with Crippen LogP contribution in [0.4, 0.5) is 17.1 Å². The fourth-order valence-corrected chi connectivity index (χ4v) is 8.67. The lowest BCUT2D eigenvalue weighted by molar-refractivity contribution is 0.402. The highest BCUT2D eigenvalue weighted by Crippen LogP contribution is 2.51. The van der Waals surface area contributed by atoms with Crippen LogP contribution in [0.15, 0.2) is 133 Å². The van der Waals surface area contributed by atoms with Crippen LogP contribution in [-0.2, 0) is 10.8 Å². The number of anilines is 3. The Morgan fingerprint density at radius 1 is 0.522 bits per heavy atom. The number of benzene rings is 6. The molecule has 1 aliphatic carbocycles. The van der Waals surface area contributed by atoms with Gasteiger partial charge in [-0.15, -0.1) is 0 Å². The summed E-state index contributed by atoms with van der Waals surface area (Å²) in [5.74, 6) is 1.95. The minimum atomic E-state index is 0.0678. The topological polar surface area (TPSA) is 12.5 Å². The molecule has 46 heavy (non-hydrogen) atoms. The van der Waals surface area contributed by atoms with Gasteiger partial charge in [-0.1, -0.05) is 125 Å². The molecule has 6 aromatic carbocycles. The number of fused-ring (bicyclic) bond motifs is 5. The smallest absolute Gasteiger partial charge is 0.256 e. The minimum Gasteiger partial charge on any atom is -0.458 e. The first-order chi connectivity index (χ1) is 22.3. The van der Waals surface area contributed by atoms with Crippen LogP contribution >= 0.6 is 0 Å². The van der Waals surface area contributed by atoms with Gasteiger partial charge in [-0.25, -0.2) is 0 Å². The Balaban J connectivity index is 1.28. The van der Waals surface area contributed by atoms with E-state index < -0.39 is 0 Å². The maximum Gasteiger partial charge on any atom is 0.256 e. The van der Waals surface area contributed by atoms with Crippen LogP contribution in [0.5, 0.6) is 11.5 Å². The average Bonchev–Trinajstić information content (AvgIpc) is 3.26. The van der Waals surface area contributed by atoms with Crippen molar-refractivity contribution < 1.29 is 4.74 Å². The van der Waals surface area contributed by atoms with E-state index in [1.807, 2.05) is 0 Å². The number of rotatable bonds is 3. The third kappa shape index (κ3) is 4.04. The fraction of sp³-hybridized carbons (Fsp3) is 0.163. The van der Waals surface area contributed by atoms with Gasteiger partial charge in [0, 0.05) is 17.1 Å². The van der Waals surface area contributed by atoms with E-state index in [4.69, 9.17) is 4.74 Å². The first-order valence-electron chi connectivity index (χ1n) is 16.4. The molecule has 0 bridgehead atoms. The molecule has 0 saturated carbocycles. The van der Waals surface area contributed by atoms with Gasteiger partial charge in [0.15, 0.2) is 0 Å². The number of hydrogen-bond acceptors (Lipinski definition) is 2. The molecule has 0 saturated heterocycles. The highest BCUT2D eigenvalue weighted by atomic mass is 16.5. The van der Waals surface area contributed by atoms with Crippen molar-refractivity contribution in [1.82, 2.24) is 0 Å². The Hall–Kier alpha value is -5.02. The second-order valence-corrected chi connectivity index (χ2v) is 14.5. The van der Waals surface area contributed by atoms with E-state index in [1.54, 1.807) is 0 Å². The summed E-state index contributed by atoms with van der Waals surface area (Å²) in [5, 5.41) is 0. The third-order valence-corrected chi connectivity index (χ3v) is 10.5. The first-order valence-corrected chi connectivity index (χ1v) is 16.4. The Kier molecular flexibility index (Phi) is 5.78. The summed E-state index contributed by atoms with van der Waals surface area (Å²) < 4.78 is 6.88. The van der Waals surface area contributed by atoms with Gasteiger partial charge >= 0.3 is 0 Å². The first kappa shape index (κ1) is 27.3. The van der Waals surface area contributed by atoms with Crippen molar-refractivity contribution in [2.75, 3.05) is 4.90 Å². The molecule has 2 heterocycles. The number of hydrogen-bond donors (Lipinski definition) is 0. The quantitative estimate of drug-likeness (QED) is 0.189. The molecule has 0 aromatic heterocycles. The Bertz CT molecular complexity index is 2150. The molecular formula is C43H36BNO. The van der Waals surface area contributed by atoms with E-state index in [1.165, 1.54) is 61.1 Å². The summed E-state index contributed by atoms with van der Waals surface area (Å²) in [6, 6.07) is 48.8. The van der Waals surface area contributed by atoms with E-state index in [0.717, 1.165) is 23.6 Å². The van der Waals surface area contributed by atoms with Crippen LogP contribution in [0.25, 0.3) is 22.3 Å². The zero-order valence-corrected chi connectivity index (χ0v) is 26.8. The van der Waals surface area contributed by atoms with Crippen molar-refractivity contribution in [2.24, 2.45) is 0 Å². The monoisotopic (exact) mass is 593 g/mol. The maximum absolute atomic E-state index is 6.88. The second kappa shape index (κ2) is 9.74. The Morgan fingerprint density at radius 3 is 1.83 bits per heavy atom. The van der Waals surface area contributed by atoms with Gasteiger partial charge in [0.25, 0.3) is 6.71 Å². The third-order valence-electron chi connectivity index (χ3n) is 10.5. The molecule has 0 spiro atoms. The molecule has 0 unspecified atom stereocenters. The van der Waals surface area contributed by atoms with Crippen molar-refractivity contribution in [3.8, 4) is 33.8 Å². The molecule has 3 heteroatoms. The molecule has 0 N–H and O–H groups in total. The average molecular weight is 594 g/mol. The molecule has 2 nitrogen and oxygen atoms in total. The molecule has 3 aliphatic rings. The normalized spacial score (nSPS) is 16.2. The van der Waals surface area contributed by atoms with Gasteiger partial charge in [0.05, 0.1) is 0 Å². The molecule has 9 rings (SSSR count). The summed E-state index contributed by atoms with van der Waals surface area (Å²) in [6.45, 7) is 9.63. The molecule has 0 fully saturated rings. The summed E-state index contributed by atoms with van der Waals surface area (Å²) in [5.41, 5.74) is 15.4. The van der Waals surface area contributed by atoms with Gasteiger partial charge in [-0.3, -0.25) is 0 Å². The standard InChI is InChI=1S/C43H36BNO/c1-42(2)27-43(3,4)34-26-40-36(25-33(34)42)44-35-24-31(29-14-9-6-10-15-29)20-23-37(35)45(38-16-11-17-39(46-40)41(38)44)32-21-18-30(19-22-32)28-12-7-5-8-13-28/h5-26H,27H2,1-4H3. The van der Waals surface area contributed by atoms with Crippen molar-refractivity contribution in [1.29, 1.82) is 0 Å². The zero-order chi connectivity index (χ0) is 31.2. The van der Waals surface area contributed by atoms with Crippen molar-refractivity contribution in [3.05, 3.63) is 145 Å². The van der Waals surface area contributed by atoms with Crippen molar-refractivity contribution in [2.45, 2.75) is 44.9 Å². The van der Waals surface area contributed by atoms with Gasteiger partial charge < -0.3 is 9.64 Å². The van der Waals surface area contributed by atoms with Crippen LogP contribution in [0.2, 0.25) is 0 Å². The molecular weight excluding hydrogens is 557 g/mol. The van der Waals surface area contributed by atoms with E-state index in [2.05, 4.69) is 166 Å². The van der Waals surface area contributed by atoms with Crippen molar-refractivity contribution in [3.63, 3.8) is 0 Å². The van der Waals surface area contributed by atoms with E-state index >= 15 is 0 Å². The summed E-state index contributed by atoms with van der Waals surface area (Å²) >= 11 is 0. The zero-order valence-electron chi connectivity index (χ0n) is 26.8. The predicted molar refractivity (Wildman–Crippen MR) is 194 cm³/mol. The molecule has 0 amide bonds. The van der Waals surface area contributed by atoms with Gasteiger partial charge in [0.2, 0.25) is 0 Å². The van der Waals surface area contributed by atoms with Crippen LogP contribution in [0, 0.1) is 0 Å². The molecule has 222 valence electrons. The van der Waals surface area contributed by atoms with E-state index in [-0.39, 0.29) is 17.5 Å². The minimum absolute atomic E-state index is 0.0678. The lowest BCUT2D eigenvalue weighted by Gasteiger charge is -2.40. The highest BCUT2D eigenvalue weighted by Gasteiger charge is 2.47. The molecule has 0 radical (unpaired) electrons. The number of ether oxygens (including phenoxy) is 1. The van der Waals surface area contributed by atoms with E-state index in [0.29, 0.717) is 0 Å². The highest BCUT2D eigenvalue weighted by molar-refractivity contribution is 6.99. The predicted octanol–water partition coefficient (Wildman–Crippen LogP) is 9.38. The van der Waals surface area contributed by atoms with Crippen molar-refractivity contribution >= 4 is 40.2 Å². The van der Waals surface area contributed by atoms with Crippen LogP contribution in [0.3, 0.4) is 0 Å². The van der Waals surface area contributed by atoms with Crippen LogP contribution in [0.1, 0.15) is 45.2 Å². The fourth-order valence-electron chi connectivity index (χ4n) is 8.67. The molecule has 6 aromatic rings. The lowest BCUT2D eigenvalue weighted by Crippen LogP contribution is -2.59. The Labute approximate surface area is 272 Å². The molecule has 2 aliphatic heterocycles. The largest absolute Gasteiger partial charge is 0.458 e. The molecule has 0 atom stereocenters. The van der Waals surface area contributed by atoms with Crippen LogP contribution in [-0.4, -0.2) is 6.71 Å². The van der Waals surface area contributed by atoms with E-state index in [9.17, 15) is 0 Å².